The Labute approximate surface area is 102 Å². The minimum Gasteiger partial charge on any atom is -0.379 e. The number of carbonyl (C=O) groups excluding carboxylic acids is 1. The fraction of sp³-hybridized carbons (Fsp3) is 0.500. The normalized spacial score (nSPS) is 20.2. The first-order valence-corrected chi connectivity index (χ1v) is 6.12. The molecule has 0 amide bonds. The summed E-state index contributed by atoms with van der Waals surface area (Å²) in [5, 5.41) is 3.30. The van der Waals surface area contributed by atoms with Crippen LogP contribution in [0.2, 0.25) is 0 Å². The summed E-state index contributed by atoms with van der Waals surface area (Å²) >= 11 is 0. The van der Waals surface area contributed by atoms with Gasteiger partial charge in [-0.3, -0.25) is 4.79 Å². The fourth-order valence-corrected chi connectivity index (χ4v) is 2.03. The fourth-order valence-electron chi connectivity index (χ4n) is 2.03. The summed E-state index contributed by atoms with van der Waals surface area (Å²) in [6.07, 6.45) is 1.09. The van der Waals surface area contributed by atoms with Crippen molar-refractivity contribution in [3.05, 3.63) is 35.4 Å². The quantitative estimate of drug-likeness (QED) is 0.856. The molecule has 0 aromatic heterocycles. The highest BCUT2D eigenvalue weighted by Gasteiger charge is 2.16. The van der Waals surface area contributed by atoms with Crippen LogP contribution < -0.4 is 5.32 Å². The number of aryl methyl sites for hydroxylation is 1. The molecular weight excluding hydrogens is 214 g/mol. The molecule has 17 heavy (non-hydrogen) atoms. The summed E-state index contributed by atoms with van der Waals surface area (Å²) in [6, 6.07) is 8.34. The topological polar surface area (TPSA) is 38.3 Å². The van der Waals surface area contributed by atoms with Gasteiger partial charge in [-0.15, -0.1) is 0 Å². The molecule has 3 heteroatoms. The molecule has 3 nitrogen and oxygen atoms in total. The number of ether oxygens (including phenoxy) is 1. The van der Waals surface area contributed by atoms with Gasteiger partial charge in [-0.05, 0) is 12.5 Å². The monoisotopic (exact) mass is 233 g/mol. The summed E-state index contributed by atoms with van der Waals surface area (Å²) in [5.74, 6) is 0.275. The van der Waals surface area contributed by atoms with Crippen LogP contribution in [0, 0.1) is 6.92 Å². The molecule has 1 aliphatic rings. The third-order valence-corrected chi connectivity index (χ3v) is 2.99. The van der Waals surface area contributed by atoms with Crippen LogP contribution in [0.15, 0.2) is 24.3 Å². The standard InChI is InChI=1S/C14H19NO2/c1-11-2-4-12(5-3-11)8-14(16)9-13-10-17-7-6-15-13/h2-5,13,15H,6-10H2,1H3. The van der Waals surface area contributed by atoms with Gasteiger partial charge in [0.2, 0.25) is 0 Å². The molecular formula is C14H19NO2. The van der Waals surface area contributed by atoms with E-state index in [1.54, 1.807) is 0 Å². The number of nitrogens with one attached hydrogen (secondary N) is 1. The lowest BCUT2D eigenvalue weighted by atomic mass is 10.0. The zero-order valence-corrected chi connectivity index (χ0v) is 10.2. The molecule has 1 heterocycles. The number of Topliss-reactive ketones (excluding diaryl/α,β-unsaturated/α-hetero) is 1. The molecule has 1 fully saturated rings. The molecule has 0 saturated carbocycles. The maximum Gasteiger partial charge on any atom is 0.138 e. The number of benzene rings is 1. The molecule has 1 saturated heterocycles. The van der Waals surface area contributed by atoms with Gasteiger partial charge >= 0.3 is 0 Å². The summed E-state index contributed by atoms with van der Waals surface area (Å²) in [7, 11) is 0. The number of rotatable bonds is 4. The Morgan fingerprint density at radius 1 is 1.41 bits per heavy atom. The van der Waals surface area contributed by atoms with E-state index in [9.17, 15) is 4.79 Å². The van der Waals surface area contributed by atoms with Crippen molar-refractivity contribution >= 4 is 5.78 Å². The van der Waals surface area contributed by atoms with Crippen molar-refractivity contribution in [1.29, 1.82) is 0 Å². The third-order valence-electron chi connectivity index (χ3n) is 2.99. The molecule has 1 aromatic carbocycles. The van der Waals surface area contributed by atoms with Crippen LogP contribution in [0.4, 0.5) is 0 Å². The smallest absolute Gasteiger partial charge is 0.138 e. The zero-order valence-electron chi connectivity index (χ0n) is 10.2. The van der Waals surface area contributed by atoms with Crippen molar-refractivity contribution in [3.8, 4) is 0 Å². The average Bonchev–Trinajstić information content (AvgIpc) is 2.33. The van der Waals surface area contributed by atoms with Crippen molar-refractivity contribution in [3.63, 3.8) is 0 Å². The van der Waals surface area contributed by atoms with Crippen LogP contribution >= 0.6 is 0 Å². The SMILES string of the molecule is Cc1ccc(CC(=O)CC2COCCN2)cc1. The summed E-state index contributed by atoms with van der Waals surface area (Å²) < 4.78 is 5.33. The van der Waals surface area contributed by atoms with Gasteiger partial charge in [0.05, 0.1) is 13.2 Å². The van der Waals surface area contributed by atoms with Crippen molar-refractivity contribution in [2.45, 2.75) is 25.8 Å². The lowest BCUT2D eigenvalue weighted by molar-refractivity contribution is -0.119. The molecule has 1 unspecified atom stereocenters. The van der Waals surface area contributed by atoms with Gasteiger partial charge in [0, 0.05) is 25.4 Å². The predicted molar refractivity (Wildman–Crippen MR) is 67.1 cm³/mol. The van der Waals surface area contributed by atoms with Gasteiger partial charge in [-0.25, -0.2) is 0 Å². The second-order valence-electron chi connectivity index (χ2n) is 4.63. The molecule has 0 radical (unpaired) electrons. The second-order valence-corrected chi connectivity index (χ2v) is 4.63. The first kappa shape index (κ1) is 12.3. The summed E-state index contributed by atoms with van der Waals surface area (Å²) in [4.78, 5) is 11.9. The van der Waals surface area contributed by atoms with Crippen LogP contribution in [0.1, 0.15) is 17.5 Å². The summed E-state index contributed by atoms with van der Waals surface area (Å²) in [6.45, 7) is 4.31. The predicted octanol–water partition coefficient (Wildman–Crippen LogP) is 1.49. The number of hydrogen-bond acceptors (Lipinski definition) is 3. The molecule has 0 spiro atoms. The van der Waals surface area contributed by atoms with E-state index >= 15 is 0 Å². The Bertz CT molecular complexity index is 366. The maximum absolute atomic E-state index is 11.9. The maximum atomic E-state index is 11.9. The van der Waals surface area contributed by atoms with Gasteiger partial charge in [0.1, 0.15) is 5.78 Å². The first-order chi connectivity index (χ1) is 8.24. The van der Waals surface area contributed by atoms with E-state index in [0.29, 0.717) is 19.4 Å². The van der Waals surface area contributed by atoms with E-state index < -0.39 is 0 Å². The summed E-state index contributed by atoms with van der Waals surface area (Å²) in [5.41, 5.74) is 2.32. The van der Waals surface area contributed by atoms with Crippen LogP contribution in [0.25, 0.3) is 0 Å². The van der Waals surface area contributed by atoms with Gasteiger partial charge in [0.25, 0.3) is 0 Å². The average molecular weight is 233 g/mol. The minimum atomic E-state index is 0.196. The minimum absolute atomic E-state index is 0.196. The Balaban J connectivity index is 1.82. The molecule has 1 N–H and O–H groups in total. The largest absolute Gasteiger partial charge is 0.379 e. The number of ketones is 1. The van der Waals surface area contributed by atoms with E-state index in [-0.39, 0.29) is 11.8 Å². The van der Waals surface area contributed by atoms with Crippen LogP contribution in [0.5, 0.6) is 0 Å². The van der Waals surface area contributed by atoms with Gasteiger partial charge in [0.15, 0.2) is 0 Å². The Morgan fingerprint density at radius 3 is 2.82 bits per heavy atom. The van der Waals surface area contributed by atoms with E-state index in [0.717, 1.165) is 18.7 Å². The molecule has 0 aliphatic carbocycles. The lowest BCUT2D eigenvalue weighted by Crippen LogP contribution is -2.42. The van der Waals surface area contributed by atoms with Crippen LogP contribution in [-0.4, -0.2) is 31.6 Å². The zero-order chi connectivity index (χ0) is 12.1. The number of morpholine rings is 1. The van der Waals surface area contributed by atoms with E-state index in [4.69, 9.17) is 4.74 Å². The molecule has 1 aliphatic heterocycles. The van der Waals surface area contributed by atoms with Gasteiger partial charge < -0.3 is 10.1 Å². The van der Waals surface area contributed by atoms with Crippen molar-refractivity contribution in [1.82, 2.24) is 5.32 Å². The first-order valence-electron chi connectivity index (χ1n) is 6.12. The van der Waals surface area contributed by atoms with Crippen molar-refractivity contribution in [2.24, 2.45) is 0 Å². The molecule has 0 bridgehead atoms. The van der Waals surface area contributed by atoms with E-state index in [1.807, 2.05) is 24.3 Å². The second kappa shape index (κ2) is 5.94. The highest BCUT2D eigenvalue weighted by Crippen LogP contribution is 2.07. The highest BCUT2D eigenvalue weighted by atomic mass is 16.5. The Hall–Kier alpha value is -1.19. The third kappa shape index (κ3) is 3.95. The molecule has 2 rings (SSSR count). The number of hydrogen-bond donors (Lipinski definition) is 1. The van der Waals surface area contributed by atoms with Gasteiger partial charge in [-0.2, -0.15) is 0 Å². The molecule has 92 valence electrons. The van der Waals surface area contributed by atoms with Crippen molar-refractivity contribution in [2.75, 3.05) is 19.8 Å². The Kier molecular flexibility index (Phi) is 4.29. The van der Waals surface area contributed by atoms with E-state index in [2.05, 4.69) is 12.2 Å². The highest BCUT2D eigenvalue weighted by molar-refractivity contribution is 5.81. The van der Waals surface area contributed by atoms with Crippen LogP contribution in [0.3, 0.4) is 0 Å². The van der Waals surface area contributed by atoms with Crippen molar-refractivity contribution < 1.29 is 9.53 Å². The van der Waals surface area contributed by atoms with E-state index in [1.165, 1.54) is 5.56 Å². The lowest BCUT2D eigenvalue weighted by Gasteiger charge is -2.23. The van der Waals surface area contributed by atoms with Crippen LogP contribution in [-0.2, 0) is 16.0 Å². The Morgan fingerprint density at radius 2 is 2.18 bits per heavy atom. The molecule has 1 aromatic rings. The number of carbonyl (C=O) groups is 1. The molecule has 1 atom stereocenters. The van der Waals surface area contributed by atoms with Gasteiger partial charge in [-0.1, -0.05) is 29.8 Å².